The molecule has 6 rings (SSSR count). The molecular weight excluding hydrogens is 436 g/mol. The van der Waals surface area contributed by atoms with Crippen LogP contribution in [0, 0.1) is 6.92 Å². The topological polar surface area (TPSA) is 99.7 Å². The molecule has 5 heterocycles. The van der Waals surface area contributed by atoms with Crippen LogP contribution in [0.5, 0.6) is 0 Å². The van der Waals surface area contributed by atoms with Crippen molar-refractivity contribution in [2.45, 2.75) is 25.7 Å². The quantitative estimate of drug-likeness (QED) is 0.427. The number of carbonyl (C=O) groups excluding carboxylic acids is 1. The van der Waals surface area contributed by atoms with Gasteiger partial charge in [0.1, 0.15) is 4.83 Å². The van der Waals surface area contributed by atoms with Crippen molar-refractivity contribution in [2.75, 3.05) is 13.1 Å². The predicted molar refractivity (Wildman–Crippen MR) is 128 cm³/mol. The molecule has 0 bridgehead atoms. The zero-order valence-electron chi connectivity index (χ0n) is 18.0. The fourth-order valence-corrected chi connectivity index (χ4v) is 5.54. The lowest BCUT2D eigenvalue weighted by Crippen LogP contribution is -2.38. The van der Waals surface area contributed by atoms with Crippen LogP contribution in [0.25, 0.3) is 27.1 Å². The summed E-state index contributed by atoms with van der Waals surface area (Å²) in [6, 6.07) is 10.1. The summed E-state index contributed by atoms with van der Waals surface area (Å²) < 4.78 is 1.53. The summed E-state index contributed by atoms with van der Waals surface area (Å²) in [5, 5.41) is 8.02. The first-order valence-electron chi connectivity index (χ1n) is 11.0. The summed E-state index contributed by atoms with van der Waals surface area (Å²) in [6.45, 7) is 3.23. The average Bonchev–Trinajstić information content (AvgIpc) is 3.57. The molecule has 0 radical (unpaired) electrons. The minimum Gasteiger partial charge on any atom is -0.361 e. The lowest BCUT2D eigenvalue weighted by molar-refractivity contribution is 0.0712. The Labute approximate surface area is 192 Å². The maximum Gasteiger partial charge on any atom is 0.261 e. The molecule has 1 aliphatic heterocycles. The number of rotatable bonds is 3. The molecule has 1 fully saturated rings. The number of amides is 1. The van der Waals surface area contributed by atoms with Crippen molar-refractivity contribution in [3.8, 4) is 5.95 Å². The van der Waals surface area contributed by atoms with E-state index in [0.717, 1.165) is 18.4 Å². The molecule has 1 aromatic carbocycles. The lowest BCUT2D eigenvalue weighted by Gasteiger charge is -2.32. The van der Waals surface area contributed by atoms with Gasteiger partial charge in [-0.1, -0.05) is 18.2 Å². The van der Waals surface area contributed by atoms with E-state index in [1.54, 1.807) is 12.3 Å². The molecule has 166 valence electrons. The molecule has 0 aliphatic carbocycles. The van der Waals surface area contributed by atoms with E-state index in [4.69, 9.17) is 0 Å². The Bertz CT molecular complexity index is 1550. The van der Waals surface area contributed by atoms with E-state index < -0.39 is 0 Å². The van der Waals surface area contributed by atoms with Crippen molar-refractivity contribution in [3.05, 3.63) is 75.3 Å². The monoisotopic (exact) mass is 458 g/mol. The number of likely N-dealkylation sites (tertiary alicyclic amines) is 1. The highest BCUT2D eigenvalue weighted by Gasteiger charge is 2.28. The number of aromatic amines is 2. The van der Waals surface area contributed by atoms with Crippen LogP contribution in [-0.2, 0) is 0 Å². The van der Waals surface area contributed by atoms with Gasteiger partial charge < -0.3 is 9.88 Å². The Morgan fingerprint density at radius 1 is 1.15 bits per heavy atom. The van der Waals surface area contributed by atoms with Gasteiger partial charge in [0.25, 0.3) is 11.5 Å². The number of H-pyrrole nitrogens is 2. The molecule has 0 saturated carbocycles. The van der Waals surface area contributed by atoms with Gasteiger partial charge in [-0.3, -0.25) is 14.6 Å². The van der Waals surface area contributed by atoms with Gasteiger partial charge in [-0.25, -0.2) is 9.67 Å². The van der Waals surface area contributed by atoms with Crippen LogP contribution < -0.4 is 5.56 Å². The third kappa shape index (κ3) is 3.27. The first-order chi connectivity index (χ1) is 16.1. The molecule has 1 saturated heterocycles. The average molecular weight is 459 g/mol. The van der Waals surface area contributed by atoms with E-state index in [0.29, 0.717) is 46.4 Å². The summed E-state index contributed by atoms with van der Waals surface area (Å²) >= 11 is 1.40. The number of benzene rings is 1. The fraction of sp³-hybridized carbons (Fsp3) is 0.250. The number of hydrogen-bond donors (Lipinski definition) is 2. The van der Waals surface area contributed by atoms with Crippen LogP contribution in [0.15, 0.2) is 52.9 Å². The van der Waals surface area contributed by atoms with E-state index in [9.17, 15) is 9.59 Å². The molecule has 9 heteroatoms. The summed E-state index contributed by atoms with van der Waals surface area (Å²) in [7, 11) is 0. The third-order valence-corrected chi connectivity index (χ3v) is 7.41. The second-order valence-electron chi connectivity index (χ2n) is 8.44. The van der Waals surface area contributed by atoms with Gasteiger partial charge in [-0.2, -0.15) is 5.10 Å². The molecule has 2 N–H and O–H groups in total. The van der Waals surface area contributed by atoms with Gasteiger partial charge in [0.15, 0.2) is 0 Å². The van der Waals surface area contributed by atoms with E-state index in [1.807, 2.05) is 23.3 Å². The van der Waals surface area contributed by atoms with Crippen molar-refractivity contribution in [1.82, 2.24) is 29.6 Å². The second-order valence-corrected chi connectivity index (χ2v) is 9.34. The molecule has 0 spiro atoms. The first-order valence-corrected chi connectivity index (χ1v) is 11.9. The predicted octanol–water partition coefficient (Wildman–Crippen LogP) is 3.98. The van der Waals surface area contributed by atoms with Crippen LogP contribution in [0.3, 0.4) is 0 Å². The highest BCUT2D eigenvalue weighted by Crippen LogP contribution is 2.33. The van der Waals surface area contributed by atoms with Gasteiger partial charge in [-0.05, 0) is 48.8 Å². The zero-order chi connectivity index (χ0) is 22.5. The molecule has 1 aliphatic rings. The fourth-order valence-electron chi connectivity index (χ4n) is 4.78. The molecular formula is C24H22N6O2S. The Hall–Kier alpha value is -3.72. The largest absolute Gasteiger partial charge is 0.361 e. The van der Waals surface area contributed by atoms with Crippen LogP contribution in [-0.4, -0.2) is 48.6 Å². The second kappa shape index (κ2) is 7.70. The standard InChI is InChI=1S/C24H22N6O2S/c1-14-18(13-26-30(14)24-27-21(31)17-8-11-33-22(17)28-24)23(32)29-9-6-15(7-10-29)19-12-25-20-5-3-2-4-16(19)20/h2-5,8,11-13,15,25H,6-7,9-10H2,1H3,(H,27,28,31). The number of fused-ring (bicyclic) bond motifs is 2. The first kappa shape index (κ1) is 19.9. The van der Waals surface area contributed by atoms with Gasteiger partial charge in [0, 0.05) is 30.2 Å². The number of piperidine rings is 1. The molecule has 1 amide bonds. The molecule has 0 atom stereocenters. The van der Waals surface area contributed by atoms with E-state index in [2.05, 4.69) is 44.4 Å². The van der Waals surface area contributed by atoms with E-state index >= 15 is 0 Å². The van der Waals surface area contributed by atoms with E-state index in [1.165, 1.54) is 27.0 Å². The Morgan fingerprint density at radius 3 is 2.82 bits per heavy atom. The summed E-state index contributed by atoms with van der Waals surface area (Å²) in [5.41, 5.74) is 3.48. The summed E-state index contributed by atoms with van der Waals surface area (Å²) in [6.07, 6.45) is 5.52. The molecule has 4 aromatic heterocycles. The SMILES string of the molecule is Cc1c(C(=O)N2CCC(c3c[nH]c4ccccc34)CC2)cnn1-c1nc2sccc2c(=O)[nH]1. The van der Waals surface area contributed by atoms with Crippen molar-refractivity contribution in [2.24, 2.45) is 0 Å². The number of nitrogens with zero attached hydrogens (tertiary/aromatic N) is 4. The molecule has 8 nitrogen and oxygen atoms in total. The minimum absolute atomic E-state index is 0.0318. The highest BCUT2D eigenvalue weighted by molar-refractivity contribution is 7.16. The van der Waals surface area contributed by atoms with Crippen molar-refractivity contribution in [3.63, 3.8) is 0 Å². The smallest absolute Gasteiger partial charge is 0.261 e. The number of thiophene rings is 1. The molecule has 5 aromatic rings. The van der Waals surface area contributed by atoms with Crippen LogP contribution in [0.4, 0.5) is 0 Å². The number of nitrogens with one attached hydrogen (secondary N) is 2. The van der Waals surface area contributed by atoms with Crippen LogP contribution in [0.2, 0.25) is 0 Å². The number of aromatic nitrogens is 5. The van der Waals surface area contributed by atoms with Crippen molar-refractivity contribution in [1.29, 1.82) is 0 Å². The van der Waals surface area contributed by atoms with Gasteiger partial charge in [-0.15, -0.1) is 11.3 Å². The Kier molecular flexibility index (Phi) is 4.65. The third-order valence-electron chi connectivity index (χ3n) is 6.61. The molecule has 0 unspecified atom stereocenters. The van der Waals surface area contributed by atoms with Crippen molar-refractivity contribution < 1.29 is 4.79 Å². The van der Waals surface area contributed by atoms with E-state index in [-0.39, 0.29) is 11.5 Å². The van der Waals surface area contributed by atoms with Crippen molar-refractivity contribution >= 4 is 38.4 Å². The normalized spacial score (nSPS) is 15.0. The maximum absolute atomic E-state index is 13.3. The minimum atomic E-state index is -0.210. The van der Waals surface area contributed by atoms with Crippen LogP contribution in [0.1, 0.15) is 40.4 Å². The van der Waals surface area contributed by atoms with Gasteiger partial charge in [0.05, 0.1) is 22.8 Å². The summed E-state index contributed by atoms with van der Waals surface area (Å²) in [4.78, 5) is 38.8. The zero-order valence-corrected chi connectivity index (χ0v) is 18.9. The Morgan fingerprint density at radius 2 is 1.97 bits per heavy atom. The summed E-state index contributed by atoms with van der Waals surface area (Å²) in [5.74, 6) is 0.723. The van der Waals surface area contributed by atoms with Crippen LogP contribution >= 0.6 is 11.3 Å². The number of carbonyl (C=O) groups is 1. The number of para-hydroxylation sites is 1. The maximum atomic E-state index is 13.3. The van der Waals surface area contributed by atoms with Gasteiger partial charge in [0.2, 0.25) is 5.95 Å². The molecule has 33 heavy (non-hydrogen) atoms. The highest BCUT2D eigenvalue weighted by atomic mass is 32.1. The van der Waals surface area contributed by atoms with Gasteiger partial charge >= 0.3 is 0 Å². The number of hydrogen-bond acceptors (Lipinski definition) is 5. The lowest BCUT2D eigenvalue weighted by atomic mass is 9.89. The Balaban J connectivity index is 1.22.